The molecule has 5 heteroatoms. The fourth-order valence-electron chi connectivity index (χ4n) is 4.90. The molecule has 0 aromatic heterocycles. The number of rotatable bonds is 10. The van der Waals surface area contributed by atoms with E-state index in [1.807, 2.05) is 24.3 Å². The molecule has 0 saturated carbocycles. The summed E-state index contributed by atoms with van der Waals surface area (Å²) in [6, 6.07) is 14.8. The van der Waals surface area contributed by atoms with Gasteiger partial charge in [-0.05, 0) is 69.9 Å². The minimum Gasteiger partial charge on any atom is -0.303 e. The first-order valence-electron chi connectivity index (χ1n) is 12.6. The van der Waals surface area contributed by atoms with E-state index in [2.05, 4.69) is 63.4 Å². The number of hydrogen-bond donors (Lipinski definition) is 2. The predicted octanol–water partition coefficient (Wildman–Crippen LogP) is 8.16. The van der Waals surface area contributed by atoms with E-state index in [9.17, 15) is 4.57 Å². The second kappa shape index (κ2) is 10.9. The van der Waals surface area contributed by atoms with Crippen molar-refractivity contribution in [3.8, 4) is 0 Å². The number of phosphoric ester groups is 1. The summed E-state index contributed by atoms with van der Waals surface area (Å²) < 4.78 is 15.6. The smallest absolute Gasteiger partial charge is 0.303 e. The van der Waals surface area contributed by atoms with Crippen LogP contribution < -0.4 is 0 Å². The van der Waals surface area contributed by atoms with Gasteiger partial charge in [0.25, 0.3) is 0 Å². The molecule has 4 nitrogen and oxygen atoms in total. The highest BCUT2D eigenvalue weighted by Crippen LogP contribution is 2.46. The molecular weight excluding hydrogens is 443 g/mol. The zero-order valence-electron chi connectivity index (χ0n) is 21.4. The molecule has 186 valence electrons. The second-order valence-corrected chi connectivity index (χ2v) is 12.3. The van der Waals surface area contributed by atoms with E-state index in [1.165, 1.54) is 60.8 Å². The van der Waals surface area contributed by atoms with Crippen LogP contribution in [0, 0.1) is 0 Å². The molecule has 2 aromatic carbocycles. The summed E-state index contributed by atoms with van der Waals surface area (Å²) in [5, 5.41) is 0. The zero-order valence-corrected chi connectivity index (χ0v) is 22.3. The van der Waals surface area contributed by atoms with Crippen LogP contribution in [-0.2, 0) is 26.5 Å². The van der Waals surface area contributed by atoms with Gasteiger partial charge in [-0.1, -0.05) is 102 Å². The fraction of sp³-hybridized carbons (Fsp3) is 0.517. The van der Waals surface area contributed by atoms with Gasteiger partial charge in [-0.3, -0.25) is 4.52 Å². The largest absolute Gasteiger partial charge is 0.469 e. The summed E-state index contributed by atoms with van der Waals surface area (Å²) in [7, 11) is -4.47. The Balaban J connectivity index is 1.92. The first-order valence-corrected chi connectivity index (χ1v) is 14.1. The minimum atomic E-state index is -4.47. The highest BCUT2D eigenvalue weighted by Gasteiger charge is 2.37. The fourth-order valence-corrected chi connectivity index (χ4v) is 5.22. The Morgan fingerprint density at radius 2 is 1.59 bits per heavy atom. The molecule has 2 N–H and O–H groups in total. The molecule has 1 aliphatic carbocycles. The van der Waals surface area contributed by atoms with E-state index in [0.717, 1.165) is 17.5 Å². The lowest BCUT2D eigenvalue weighted by atomic mass is 9.63. The molecule has 0 amide bonds. The van der Waals surface area contributed by atoms with Crippen molar-refractivity contribution in [2.45, 2.75) is 97.0 Å². The van der Waals surface area contributed by atoms with Crippen molar-refractivity contribution >= 4 is 19.5 Å². The summed E-state index contributed by atoms with van der Waals surface area (Å²) in [5.74, 6) is 0. The van der Waals surface area contributed by atoms with Gasteiger partial charge in [0, 0.05) is 0 Å². The molecule has 0 unspecified atom stereocenters. The Morgan fingerprint density at radius 1 is 0.941 bits per heavy atom. The van der Waals surface area contributed by atoms with Crippen molar-refractivity contribution in [1.82, 2.24) is 0 Å². The number of allylic oxidation sites excluding steroid dienone is 1. The van der Waals surface area contributed by atoms with Gasteiger partial charge in [-0.15, -0.1) is 0 Å². The van der Waals surface area contributed by atoms with Crippen LogP contribution in [0.25, 0.3) is 11.6 Å². The maximum Gasteiger partial charge on any atom is 0.469 e. The standard InChI is InChI=1S/C29H41O4P/c1-6-7-8-9-10-24(19-22-11-13-23(14-12-22)21-33-34(30,31)32)25-15-16-26-27(20-25)29(4,5)18-17-28(26,2)3/h11-16,19-20H,6-10,17-18,21H2,1-5H3,(H2,30,31,32). The predicted molar refractivity (Wildman–Crippen MR) is 142 cm³/mol. The normalized spacial score (nSPS) is 17.4. The summed E-state index contributed by atoms with van der Waals surface area (Å²) in [5.41, 5.74) is 7.81. The molecule has 0 bridgehead atoms. The van der Waals surface area contributed by atoms with Crippen LogP contribution in [0.15, 0.2) is 42.5 Å². The number of phosphoric acid groups is 1. The van der Waals surface area contributed by atoms with Crippen LogP contribution in [-0.4, -0.2) is 9.79 Å². The van der Waals surface area contributed by atoms with Crippen molar-refractivity contribution in [3.63, 3.8) is 0 Å². The van der Waals surface area contributed by atoms with Crippen LogP contribution >= 0.6 is 7.82 Å². The summed E-state index contributed by atoms with van der Waals surface area (Å²) in [6.07, 6.45) is 10.6. The van der Waals surface area contributed by atoms with Gasteiger partial charge in [0.05, 0.1) is 6.61 Å². The molecule has 0 fully saturated rings. The lowest BCUT2D eigenvalue weighted by Gasteiger charge is -2.42. The summed E-state index contributed by atoms with van der Waals surface area (Å²) in [4.78, 5) is 17.9. The van der Waals surface area contributed by atoms with E-state index in [4.69, 9.17) is 9.79 Å². The van der Waals surface area contributed by atoms with Gasteiger partial charge in [-0.2, -0.15) is 0 Å². The van der Waals surface area contributed by atoms with Crippen LogP contribution in [0.3, 0.4) is 0 Å². The minimum absolute atomic E-state index is 0.103. The first kappa shape index (κ1) is 26.9. The highest BCUT2D eigenvalue weighted by atomic mass is 31.2. The van der Waals surface area contributed by atoms with Crippen molar-refractivity contribution < 1.29 is 18.9 Å². The molecule has 0 atom stereocenters. The number of fused-ring (bicyclic) bond motifs is 1. The van der Waals surface area contributed by atoms with Crippen molar-refractivity contribution in [2.75, 3.05) is 0 Å². The second-order valence-electron chi connectivity index (χ2n) is 11.0. The number of benzene rings is 2. The molecule has 0 aliphatic heterocycles. The molecule has 34 heavy (non-hydrogen) atoms. The van der Waals surface area contributed by atoms with Crippen LogP contribution in [0.1, 0.15) is 107 Å². The number of unbranched alkanes of at least 4 members (excludes halogenated alkanes) is 3. The molecule has 2 aromatic rings. The lowest BCUT2D eigenvalue weighted by molar-refractivity contribution is 0.189. The summed E-state index contributed by atoms with van der Waals surface area (Å²) in [6.45, 7) is 11.6. The third-order valence-electron chi connectivity index (χ3n) is 7.24. The Hall–Kier alpha value is -1.71. The first-order chi connectivity index (χ1) is 15.9. The Kier molecular flexibility index (Phi) is 8.63. The highest BCUT2D eigenvalue weighted by molar-refractivity contribution is 7.46. The molecular formula is C29H41O4P. The molecule has 1 aliphatic rings. The molecule has 0 radical (unpaired) electrons. The van der Waals surface area contributed by atoms with Crippen molar-refractivity contribution in [1.29, 1.82) is 0 Å². The maximum absolute atomic E-state index is 11.0. The maximum atomic E-state index is 11.0. The summed E-state index contributed by atoms with van der Waals surface area (Å²) >= 11 is 0. The van der Waals surface area contributed by atoms with Gasteiger partial charge in [0.15, 0.2) is 0 Å². The average Bonchev–Trinajstić information content (AvgIpc) is 2.78. The van der Waals surface area contributed by atoms with Crippen LogP contribution in [0.5, 0.6) is 0 Å². The van der Waals surface area contributed by atoms with Crippen molar-refractivity contribution in [2.24, 2.45) is 0 Å². The topological polar surface area (TPSA) is 66.8 Å². The Bertz CT molecular complexity index is 1040. The molecule has 3 rings (SSSR count). The zero-order chi connectivity index (χ0) is 25.0. The lowest BCUT2D eigenvalue weighted by Crippen LogP contribution is -2.33. The third kappa shape index (κ3) is 7.15. The SMILES string of the molecule is CCCCCCC(=Cc1ccc(COP(=O)(O)O)cc1)c1ccc2c(c1)C(C)(C)CCC2(C)C. The van der Waals surface area contributed by atoms with E-state index < -0.39 is 7.82 Å². The molecule has 0 spiro atoms. The van der Waals surface area contributed by atoms with E-state index in [-0.39, 0.29) is 17.4 Å². The average molecular weight is 485 g/mol. The monoisotopic (exact) mass is 484 g/mol. The van der Waals surface area contributed by atoms with E-state index >= 15 is 0 Å². The van der Waals surface area contributed by atoms with Gasteiger partial charge in [0.2, 0.25) is 0 Å². The molecule has 0 saturated heterocycles. The quantitative estimate of drug-likeness (QED) is 0.203. The molecule has 0 heterocycles. The van der Waals surface area contributed by atoms with Crippen LogP contribution in [0.2, 0.25) is 0 Å². The Morgan fingerprint density at radius 3 is 2.21 bits per heavy atom. The number of hydrogen-bond acceptors (Lipinski definition) is 2. The van der Waals surface area contributed by atoms with Gasteiger partial charge in [0.1, 0.15) is 0 Å². The van der Waals surface area contributed by atoms with Crippen molar-refractivity contribution in [3.05, 3.63) is 70.3 Å². The van der Waals surface area contributed by atoms with E-state index in [1.54, 1.807) is 0 Å². The Labute approximate surface area is 205 Å². The third-order valence-corrected chi connectivity index (χ3v) is 7.71. The van der Waals surface area contributed by atoms with Gasteiger partial charge >= 0.3 is 7.82 Å². The van der Waals surface area contributed by atoms with E-state index in [0.29, 0.717) is 0 Å². The van der Waals surface area contributed by atoms with Gasteiger partial charge < -0.3 is 9.79 Å². The van der Waals surface area contributed by atoms with Gasteiger partial charge in [-0.25, -0.2) is 4.57 Å². The van der Waals surface area contributed by atoms with Crippen LogP contribution in [0.4, 0.5) is 0 Å².